The Morgan fingerprint density at radius 3 is 2.86 bits per heavy atom. The number of rotatable bonds is 3. The third-order valence-corrected chi connectivity index (χ3v) is 3.86. The van der Waals surface area contributed by atoms with Crippen LogP contribution in [0.5, 0.6) is 0 Å². The molecule has 1 spiro atoms. The first kappa shape index (κ1) is 9.94. The highest BCUT2D eigenvalue weighted by molar-refractivity contribution is 5.57. The van der Waals surface area contributed by atoms with Crippen LogP contribution in [0.4, 0.5) is 0 Å². The van der Waals surface area contributed by atoms with Crippen LogP contribution in [-0.4, -0.2) is 17.8 Å². The number of aliphatic hydroxyl groups is 1. The van der Waals surface area contributed by atoms with Crippen molar-refractivity contribution in [1.29, 1.82) is 0 Å². The number of aliphatic hydroxyl groups excluding tert-OH is 1. The van der Waals surface area contributed by atoms with E-state index in [1.807, 2.05) is 0 Å². The molecule has 0 bridgehead atoms. The number of hydrogen-bond acceptors (Lipinski definition) is 2. The molecule has 1 saturated carbocycles. The molecule has 2 heteroatoms. The van der Waals surface area contributed by atoms with Crippen molar-refractivity contribution in [3.05, 3.63) is 23.3 Å². The van der Waals surface area contributed by atoms with E-state index in [9.17, 15) is 0 Å². The predicted molar refractivity (Wildman–Crippen MR) is 57.7 cm³/mol. The number of hydrogen-bond donors (Lipinski definition) is 2. The van der Waals surface area contributed by atoms with Crippen molar-refractivity contribution in [2.24, 2.45) is 17.1 Å². The Balaban J connectivity index is 2.13. The molecular weight excluding hydrogens is 174 g/mol. The molecular formula is C12H19NO. The van der Waals surface area contributed by atoms with Crippen LogP contribution in [-0.2, 0) is 0 Å². The Hall–Kier alpha value is -0.600. The second kappa shape index (κ2) is 3.21. The minimum atomic E-state index is 0.195. The SMILES string of the molecule is CCC1=CC2(/C(=C/CCO)C2N)C1C. The van der Waals surface area contributed by atoms with Crippen molar-refractivity contribution >= 4 is 0 Å². The molecule has 3 atom stereocenters. The second-order valence-corrected chi connectivity index (χ2v) is 4.38. The van der Waals surface area contributed by atoms with Gasteiger partial charge in [-0.2, -0.15) is 0 Å². The van der Waals surface area contributed by atoms with Crippen LogP contribution >= 0.6 is 0 Å². The van der Waals surface area contributed by atoms with Gasteiger partial charge in [0.1, 0.15) is 0 Å². The molecule has 3 N–H and O–H groups in total. The van der Waals surface area contributed by atoms with Gasteiger partial charge in [-0.25, -0.2) is 0 Å². The molecule has 3 unspecified atom stereocenters. The lowest BCUT2D eigenvalue weighted by atomic mass is 9.70. The number of allylic oxidation sites excluding steroid dienone is 1. The Bertz CT molecular complexity index is 305. The fourth-order valence-electron chi connectivity index (χ4n) is 2.81. The second-order valence-electron chi connectivity index (χ2n) is 4.38. The third kappa shape index (κ3) is 1.04. The normalized spacial score (nSPS) is 42.6. The summed E-state index contributed by atoms with van der Waals surface area (Å²) in [4.78, 5) is 0. The zero-order valence-corrected chi connectivity index (χ0v) is 8.96. The fourth-order valence-corrected chi connectivity index (χ4v) is 2.81. The molecule has 0 radical (unpaired) electrons. The van der Waals surface area contributed by atoms with Gasteiger partial charge in [0.15, 0.2) is 0 Å². The monoisotopic (exact) mass is 193 g/mol. The first-order valence-electron chi connectivity index (χ1n) is 5.47. The maximum Gasteiger partial charge on any atom is 0.0465 e. The summed E-state index contributed by atoms with van der Waals surface area (Å²) in [5.41, 5.74) is 9.13. The Morgan fingerprint density at radius 1 is 1.64 bits per heavy atom. The van der Waals surface area contributed by atoms with Crippen LogP contribution in [0, 0.1) is 11.3 Å². The highest BCUT2D eigenvalue weighted by Gasteiger charge is 2.64. The maximum absolute atomic E-state index is 8.75. The average Bonchev–Trinajstić information content (AvgIpc) is 2.79. The van der Waals surface area contributed by atoms with E-state index in [1.54, 1.807) is 0 Å². The molecule has 0 aromatic carbocycles. The lowest BCUT2D eigenvalue weighted by Crippen LogP contribution is -2.29. The van der Waals surface area contributed by atoms with Crippen LogP contribution in [0.1, 0.15) is 26.7 Å². The largest absolute Gasteiger partial charge is 0.396 e. The summed E-state index contributed by atoms with van der Waals surface area (Å²) in [5.74, 6) is 0.618. The van der Waals surface area contributed by atoms with E-state index in [-0.39, 0.29) is 18.1 Å². The first-order chi connectivity index (χ1) is 6.68. The Kier molecular flexibility index (Phi) is 2.28. The smallest absolute Gasteiger partial charge is 0.0465 e. The van der Waals surface area contributed by atoms with Crippen molar-refractivity contribution in [3.63, 3.8) is 0 Å². The standard InChI is InChI=1S/C12H19NO/c1-3-9-7-12(8(9)2)10(11(12)13)5-4-6-14/h5,7-8,11,14H,3-4,6,13H2,1-2H3/b10-5+. The van der Waals surface area contributed by atoms with Crippen molar-refractivity contribution in [2.45, 2.75) is 32.7 Å². The van der Waals surface area contributed by atoms with Gasteiger partial charge in [-0.1, -0.05) is 31.6 Å². The highest BCUT2D eigenvalue weighted by atomic mass is 16.2. The van der Waals surface area contributed by atoms with Crippen LogP contribution in [0.25, 0.3) is 0 Å². The molecule has 0 amide bonds. The number of nitrogens with two attached hydrogens (primary N) is 1. The van der Waals surface area contributed by atoms with Gasteiger partial charge in [-0.15, -0.1) is 0 Å². The zero-order chi connectivity index (χ0) is 10.3. The Morgan fingerprint density at radius 2 is 2.36 bits per heavy atom. The van der Waals surface area contributed by atoms with E-state index in [0.29, 0.717) is 5.92 Å². The van der Waals surface area contributed by atoms with Gasteiger partial charge in [0.25, 0.3) is 0 Å². The first-order valence-corrected chi connectivity index (χ1v) is 5.47. The molecule has 2 aliphatic carbocycles. The third-order valence-electron chi connectivity index (χ3n) is 3.86. The summed E-state index contributed by atoms with van der Waals surface area (Å²) in [7, 11) is 0. The van der Waals surface area contributed by atoms with Crippen molar-refractivity contribution in [3.8, 4) is 0 Å². The van der Waals surface area contributed by atoms with Crippen LogP contribution in [0.2, 0.25) is 0 Å². The van der Waals surface area contributed by atoms with Crippen LogP contribution in [0.3, 0.4) is 0 Å². The molecule has 0 saturated heterocycles. The molecule has 2 rings (SSSR count). The molecule has 78 valence electrons. The molecule has 0 aromatic rings. The van der Waals surface area contributed by atoms with Crippen LogP contribution in [0.15, 0.2) is 23.3 Å². The highest BCUT2D eigenvalue weighted by Crippen LogP contribution is 2.66. The van der Waals surface area contributed by atoms with Gasteiger partial charge in [0.05, 0.1) is 0 Å². The van der Waals surface area contributed by atoms with Gasteiger partial charge in [-0.05, 0) is 24.3 Å². The molecule has 2 aliphatic rings. The lowest BCUT2D eigenvalue weighted by Gasteiger charge is -2.34. The van der Waals surface area contributed by atoms with E-state index in [0.717, 1.165) is 12.8 Å². The summed E-state index contributed by atoms with van der Waals surface area (Å²) in [6.45, 7) is 4.68. The van der Waals surface area contributed by atoms with E-state index in [4.69, 9.17) is 10.8 Å². The summed E-state index contributed by atoms with van der Waals surface area (Å²) in [6, 6.07) is 0.222. The fraction of sp³-hybridized carbons (Fsp3) is 0.667. The molecule has 0 aliphatic heterocycles. The van der Waals surface area contributed by atoms with Crippen molar-refractivity contribution in [1.82, 2.24) is 0 Å². The minimum absolute atomic E-state index is 0.195. The average molecular weight is 193 g/mol. The summed E-state index contributed by atoms with van der Waals surface area (Å²) >= 11 is 0. The maximum atomic E-state index is 8.75. The summed E-state index contributed by atoms with van der Waals surface area (Å²) in [6.07, 6.45) is 6.34. The van der Waals surface area contributed by atoms with Crippen molar-refractivity contribution < 1.29 is 5.11 Å². The Labute approximate surface area is 85.5 Å². The van der Waals surface area contributed by atoms with E-state index in [1.165, 1.54) is 11.1 Å². The van der Waals surface area contributed by atoms with E-state index < -0.39 is 0 Å². The minimum Gasteiger partial charge on any atom is -0.396 e. The van der Waals surface area contributed by atoms with Gasteiger partial charge in [-0.3, -0.25) is 0 Å². The summed E-state index contributed by atoms with van der Waals surface area (Å²) in [5, 5.41) is 8.75. The van der Waals surface area contributed by atoms with Gasteiger partial charge < -0.3 is 10.8 Å². The van der Waals surface area contributed by atoms with Crippen molar-refractivity contribution in [2.75, 3.05) is 6.61 Å². The lowest BCUT2D eigenvalue weighted by molar-refractivity contribution is 0.302. The van der Waals surface area contributed by atoms with Gasteiger partial charge >= 0.3 is 0 Å². The topological polar surface area (TPSA) is 46.2 Å². The molecule has 2 nitrogen and oxygen atoms in total. The quantitative estimate of drug-likeness (QED) is 0.669. The van der Waals surface area contributed by atoms with E-state index in [2.05, 4.69) is 26.0 Å². The predicted octanol–water partition coefficient (Wildman–Crippen LogP) is 1.61. The summed E-state index contributed by atoms with van der Waals surface area (Å²) < 4.78 is 0. The molecule has 0 aromatic heterocycles. The molecule has 14 heavy (non-hydrogen) atoms. The van der Waals surface area contributed by atoms with Gasteiger partial charge in [0.2, 0.25) is 0 Å². The van der Waals surface area contributed by atoms with Crippen LogP contribution < -0.4 is 5.73 Å². The molecule has 0 heterocycles. The molecule has 1 fully saturated rings. The van der Waals surface area contributed by atoms with Gasteiger partial charge in [0, 0.05) is 18.1 Å². The zero-order valence-electron chi connectivity index (χ0n) is 8.96. The van der Waals surface area contributed by atoms with E-state index >= 15 is 0 Å².